The summed E-state index contributed by atoms with van der Waals surface area (Å²) < 4.78 is 2.28. The van der Waals surface area contributed by atoms with Crippen molar-refractivity contribution in [2.45, 2.75) is 78.6 Å². The third-order valence-corrected chi connectivity index (χ3v) is 10.3. The maximum absolute atomic E-state index is 5.56. The molecule has 0 amide bonds. The summed E-state index contributed by atoms with van der Waals surface area (Å²) in [4.78, 5) is 14.7. The molecule has 3 aromatic heterocycles. The van der Waals surface area contributed by atoms with E-state index in [1.165, 1.54) is 27.6 Å². The third-order valence-electron chi connectivity index (χ3n) is 10.3. The van der Waals surface area contributed by atoms with Gasteiger partial charge in [0.2, 0.25) is 0 Å². The van der Waals surface area contributed by atoms with E-state index in [0.29, 0.717) is 0 Å². The van der Waals surface area contributed by atoms with Gasteiger partial charge in [0.05, 0.1) is 27.9 Å². The molecule has 52 heavy (non-hydrogen) atoms. The molecule has 0 aliphatic heterocycles. The Kier molecular flexibility index (Phi) is 7.80. The molecule has 8 aromatic rings. The average Bonchev–Trinajstić information content (AvgIpc) is 3.70. The summed E-state index contributed by atoms with van der Waals surface area (Å²) in [7, 11) is 0. The molecule has 0 bridgehead atoms. The van der Waals surface area contributed by atoms with Gasteiger partial charge in [-0.2, -0.15) is 0 Å². The third kappa shape index (κ3) is 5.90. The van der Waals surface area contributed by atoms with Crippen molar-refractivity contribution in [1.82, 2.24) is 19.5 Å². The van der Waals surface area contributed by atoms with Crippen LogP contribution in [0.5, 0.6) is 0 Å². The van der Waals surface area contributed by atoms with Crippen molar-refractivity contribution in [3.63, 3.8) is 0 Å². The molecule has 0 aliphatic carbocycles. The summed E-state index contributed by atoms with van der Waals surface area (Å²) in [5, 5.41) is 3.63. The zero-order valence-electron chi connectivity index (χ0n) is 31.9. The molecule has 0 saturated heterocycles. The second kappa shape index (κ2) is 12.1. The van der Waals surface area contributed by atoms with Crippen molar-refractivity contribution in [1.29, 1.82) is 0 Å². The minimum absolute atomic E-state index is 0.0307. The van der Waals surface area contributed by atoms with E-state index in [1.54, 1.807) is 0 Å². The van der Waals surface area contributed by atoms with Crippen LogP contribution in [0.25, 0.3) is 72.3 Å². The monoisotopic (exact) mass is 680 g/mol. The molecular weight excluding hydrogens is 633 g/mol. The van der Waals surface area contributed by atoms with Gasteiger partial charge in [0.1, 0.15) is 5.82 Å². The Morgan fingerprint density at radius 3 is 1.88 bits per heavy atom. The van der Waals surface area contributed by atoms with Gasteiger partial charge in [0.15, 0.2) is 0 Å². The summed E-state index contributed by atoms with van der Waals surface area (Å²) in [5.41, 5.74) is 13.1. The highest BCUT2D eigenvalue weighted by Crippen LogP contribution is 2.42. The first-order valence-corrected chi connectivity index (χ1v) is 18.4. The van der Waals surface area contributed by atoms with Crippen molar-refractivity contribution in [2.75, 3.05) is 0 Å². The van der Waals surface area contributed by atoms with Crippen LogP contribution in [-0.4, -0.2) is 19.5 Å². The number of hydrogen-bond donors (Lipinski definition) is 1. The smallest absolute Gasteiger partial charge is 0.145 e. The van der Waals surface area contributed by atoms with E-state index in [1.807, 2.05) is 0 Å². The Hall–Kier alpha value is -5.48. The summed E-state index contributed by atoms with van der Waals surface area (Å²) in [6, 6.07) is 43.7. The first kappa shape index (κ1) is 33.7. The summed E-state index contributed by atoms with van der Waals surface area (Å²) in [6.07, 6.45) is 0. The van der Waals surface area contributed by atoms with Crippen molar-refractivity contribution in [3.05, 3.63) is 138 Å². The number of para-hydroxylation sites is 3. The molecule has 0 atom stereocenters. The molecular formula is C48H48N4. The summed E-state index contributed by atoms with van der Waals surface area (Å²) in [6.45, 7) is 20.5. The molecule has 4 heteroatoms. The molecule has 0 spiro atoms. The second-order valence-corrected chi connectivity index (χ2v) is 17.4. The SMILES string of the molecule is CC(C)(C)c1cc(-c2ccc3cc(C(C)(C)C)cc(-c4[nH]c(C(C)(C)C)c5ccccc45)c3n2)cc(-c2nc3ccccc3n2-c2ccccc2)c1. The van der Waals surface area contributed by atoms with Gasteiger partial charge < -0.3 is 4.98 Å². The van der Waals surface area contributed by atoms with E-state index in [0.717, 1.165) is 61.5 Å². The van der Waals surface area contributed by atoms with E-state index < -0.39 is 0 Å². The van der Waals surface area contributed by atoms with Gasteiger partial charge in [-0.25, -0.2) is 9.97 Å². The number of fused-ring (bicyclic) bond motifs is 3. The Bertz CT molecular complexity index is 2620. The Morgan fingerprint density at radius 1 is 0.538 bits per heavy atom. The highest BCUT2D eigenvalue weighted by Gasteiger charge is 2.26. The Morgan fingerprint density at radius 2 is 1.17 bits per heavy atom. The number of nitrogens with one attached hydrogen (secondary N) is 1. The number of nitrogens with zero attached hydrogens (tertiary/aromatic N) is 3. The van der Waals surface area contributed by atoms with Crippen LogP contribution in [0.4, 0.5) is 0 Å². The van der Waals surface area contributed by atoms with Crippen LogP contribution in [0.3, 0.4) is 0 Å². The lowest BCUT2D eigenvalue weighted by Crippen LogP contribution is -2.12. The summed E-state index contributed by atoms with van der Waals surface area (Å²) in [5.74, 6) is 0.920. The van der Waals surface area contributed by atoms with Gasteiger partial charge in [-0.15, -0.1) is 0 Å². The lowest BCUT2D eigenvalue weighted by atomic mass is 9.83. The van der Waals surface area contributed by atoms with E-state index in [4.69, 9.17) is 9.97 Å². The molecule has 0 radical (unpaired) electrons. The van der Waals surface area contributed by atoms with Crippen LogP contribution in [0, 0.1) is 0 Å². The zero-order chi connectivity index (χ0) is 36.6. The molecule has 4 nitrogen and oxygen atoms in total. The van der Waals surface area contributed by atoms with Crippen molar-refractivity contribution < 1.29 is 0 Å². The van der Waals surface area contributed by atoms with Gasteiger partial charge >= 0.3 is 0 Å². The van der Waals surface area contributed by atoms with Crippen LogP contribution >= 0.6 is 0 Å². The molecule has 0 fully saturated rings. The number of rotatable bonds is 4. The maximum atomic E-state index is 5.56. The standard InChI is InChI=1S/C48H48N4/c1-46(2,3)33-27-31(25-32(28-33)45-50-40-21-15-16-22-41(40)52(45)35-17-11-10-12-18-35)39-24-23-30-26-34(47(4,5)6)29-38(42(30)49-39)43-36-19-13-14-20-37(36)44(51-43)48(7,8)9/h10-29,51H,1-9H3. The molecule has 1 N–H and O–H groups in total. The Balaban J connectivity index is 1.39. The minimum atomic E-state index is -0.0928. The molecule has 3 heterocycles. The summed E-state index contributed by atoms with van der Waals surface area (Å²) >= 11 is 0. The van der Waals surface area contributed by atoms with Crippen molar-refractivity contribution in [2.24, 2.45) is 0 Å². The van der Waals surface area contributed by atoms with Crippen LogP contribution in [-0.2, 0) is 16.2 Å². The fourth-order valence-corrected chi connectivity index (χ4v) is 7.40. The van der Waals surface area contributed by atoms with Gasteiger partial charge in [-0.3, -0.25) is 4.57 Å². The number of aromatic nitrogens is 4. The predicted molar refractivity (Wildman–Crippen MR) is 221 cm³/mol. The average molecular weight is 681 g/mol. The maximum Gasteiger partial charge on any atom is 0.145 e. The number of imidazole rings is 1. The highest BCUT2D eigenvalue weighted by atomic mass is 15.1. The fraction of sp³-hybridized carbons (Fsp3) is 0.250. The van der Waals surface area contributed by atoms with Crippen LogP contribution in [0.15, 0.2) is 121 Å². The van der Waals surface area contributed by atoms with Gasteiger partial charge in [0, 0.05) is 49.6 Å². The highest BCUT2D eigenvalue weighted by molar-refractivity contribution is 6.05. The largest absolute Gasteiger partial charge is 0.357 e. The van der Waals surface area contributed by atoms with Crippen LogP contribution < -0.4 is 0 Å². The molecule has 8 rings (SSSR count). The van der Waals surface area contributed by atoms with E-state index in [2.05, 4.69) is 193 Å². The van der Waals surface area contributed by atoms with Crippen LogP contribution in [0.1, 0.15) is 79.1 Å². The topological polar surface area (TPSA) is 46.5 Å². The fourth-order valence-electron chi connectivity index (χ4n) is 7.40. The van der Waals surface area contributed by atoms with Crippen LogP contribution in [0.2, 0.25) is 0 Å². The van der Waals surface area contributed by atoms with Crippen molar-refractivity contribution >= 4 is 32.7 Å². The minimum Gasteiger partial charge on any atom is -0.357 e. The zero-order valence-corrected chi connectivity index (χ0v) is 31.9. The number of H-pyrrole nitrogens is 1. The first-order chi connectivity index (χ1) is 24.7. The number of pyridine rings is 1. The Labute approximate surface area is 307 Å². The van der Waals surface area contributed by atoms with Gasteiger partial charge in [0.25, 0.3) is 0 Å². The predicted octanol–water partition coefficient (Wildman–Crippen LogP) is 12.9. The van der Waals surface area contributed by atoms with E-state index in [-0.39, 0.29) is 16.2 Å². The van der Waals surface area contributed by atoms with Gasteiger partial charge in [-0.05, 0) is 82.6 Å². The molecule has 5 aromatic carbocycles. The van der Waals surface area contributed by atoms with Gasteiger partial charge in [-0.1, -0.05) is 123 Å². The lowest BCUT2D eigenvalue weighted by molar-refractivity contribution is 0.578. The quantitative estimate of drug-likeness (QED) is 0.201. The molecule has 260 valence electrons. The van der Waals surface area contributed by atoms with E-state index >= 15 is 0 Å². The number of aromatic amines is 1. The van der Waals surface area contributed by atoms with E-state index in [9.17, 15) is 0 Å². The normalized spacial score (nSPS) is 12.7. The molecule has 0 aliphatic rings. The number of benzene rings is 5. The first-order valence-electron chi connectivity index (χ1n) is 18.4. The second-order valence-electron chi connectivity index (χ2n) is 17.4. The lowest BCUT2D eigenvalue weighted by Gasteiger charge is -2.23. The van der Waals surface area contributed by atoms with Crippen molar-refractivity contribution in [3.8, 4) is 39.6 Å². The molecule has 0 unspecified atom stereocenters. The number of hydrogen-bond acceptors (Lipinski definition) is 2. The molecule has 0 saturated carbocycles.